The van der Waals surface area contributed by atoms with Crippen molar-refractivity contribution in [3.05, 3.63) is 34.6 Å². The molecule has 1 aromatic rings. The van der Waals surface area contributed by atoms with Crippen LogP contribution < -0.4 is 0 Å². The predicted octanol–water partition coefficient (Wildman–Crippen LogP) is 3.39. The fourth-order valence-electron chi connectivity index (χ4n) is 1.21. The highest BCUT2D eigenvalue weighted by Gasteiger charge is 2.08. The Morgan fingerprint density at radius 1 is 1.50 bits per heavy atom. The molecule has 0 saturated heterocycles. The van der Waals surface area contributed by atoms with Gasteiger partial charge < -0.3 is 0 Å². The van der Waals surface area contributed by atoms with Crippen LogP contribution in [0.2, 0.25) is 5.02 Å². The largest absolute Gasteiger partial charge is 0.300 e. The molecule has 3 heteroatoms. The summed E-state index contributed by atoms with van der Waals surface area (Å²) < 4.78 is 13.2. The number of carbonyl (C=O) groups excluding carboxylic acids is 1. The van der Waals surface area contributed by atoms with Crippen LogP contribution in [0.15, 0.2) is 18.2 Å². The van der Waals surface area contributed by atoms with Gasteiger partial charge in [-0.05, 0) is 18.6 Å². The zero-order valence-corrected chi connectivity index (χ0v) is 8.77. The molecule has 0 N–H and O–H groups in total. The molecule has 0 amide bonds. The minimum Gasteiger partial charge on any atom is -0.300 e. The Hall–Kier alpha value is -0.890. The Balaban J connectivity index is 2.71. The first-order chi connectivity index (χ1) is 6.65. The van der Waals surface area contributed by atoms with Crippen LogP contribution >= 0.6 is 11.6 Å². The van der Waals surface area contributed by atoms with Crippen LogP contribution in [-0.2, 0) is 11.2 Å². The summed E-state index contributed by atoms with van der Waals surface area (Å²) in [7, 11) is 0. The van der Waals surface area contributed by atoms with Gasteiger partial charge in [0, 0.05) is 23.4 Å². The molecule has 0 saturated carbocycles. The first-order valence-corrected chi connectivity index (χ1v) is 4.97. The average Bonchev–Trinajstić information content (AvgIpc) is 2.16. The third-order valence-electron chi connectivity index (χ3n) is 2.11. The molecule has 1 rings (SSSR count). The van der Waals surface area contributed by atoms with Crippen LogP contribution in [-0.4, -0.2) is 5.78 Å². The number of hydrogen-bond acceptors (Lipinski definition) is 1. The van der Waals surface area contributed by atoms with Crippen molar-refractivity contribution in [1.29, 1.82) is 0 Å². The SMILES string of the molecule is CCC(=O)CCc1c(F)cccc1Cl. The van der Waals surface area contributed by atoms with Gasteiger partial charge in [0.05, 0.1) is 0 Å². The van der Waals surface area contributed by atoms with Crippen molar-refractivity contribution < 1.29 is 9.18 Å². The lowest BCUT2D eigenvalue weighted by molar-refractivity contribution is -0.118. The molecule has 0 bridgehead atoms. The summed E-state index contributed by atoms with van der Waals surface area (Å²) in [5.74, 6) is -0.203. The molecule has 0 radical (unpaired) electrons. The van der Waals surface area contributed by atoms with Gasteiger partial charge in [-0.15, -0.1) is 0 Å². The summed E-state index contributed by atoms with van der Waals surface area (Å²) in [6, 6.07) is 4.55. The summed E-state index contributed by atoms with van der Waals surface area (Å²) in [5.41, 5.74) is 0.441. The second-order valence-corrected chi connectivity index (χ2v) is 3.50. The van der Waals surface area contributed by atoms with Crippen LogP contribution in [0.1, 0.15) is 25.3 Å². The van der Waals surface area contributed by atoms with Gasteiger partial charge in [-0.3, -0.25) is 4.79 Å². The molecule has 0 aliphatic rings. The molecule has 0 unspecified atom stereocenters. The molecular formula is C11H12ClFO. The lowest BCUT2D eigenvalue weighted by Crippen LogP contribution is -2.00. The summed E-state index contributed by atoms with van der Waals surface area (Å²) in [6.45, 7) is 1.80. The zero-order valence-electron chi connectivity index (χ0n) is 8.02. The van der Waals surface area contributed by atoms with Crippen LogP contribution in [0.4, 0.5) is 4.39 Å². The number of rotatable bonds is 4. The molecule has 14 heavy (non-hydrogen) atoms. The molecule has 0 fully saturated rings. The monoisotopic (exact) mass is 214 g/mol. The van der Waals surface area contributed by atoms with Gasteiger partial charge >= 0.3 is 0 Å². The van der Waals surface area contributed by atoms with E-state index >= 15 is 0 Å². The minimum absolute atomic E-state index is 0.129. The summed E-state index contributed by atoms with van der Waals surface area (Å²) in [6.07, 6.45) is 1.24. The van der Waals surface area contributed by atoms with Crippen molar-refractivity contribution >= 4 is 17.4 Å². The van der Waals surface area contributed by atoms with Crippen LogP contribution in [0.3, 0.4) is 0 Å². The van der Waals surface area contributed by atoms with Crippen LogP contribution in [0.25, 0.3) is 0 Å². The second kappa shape index (κ2) is 5.11. The van der Waals surface area contributed by atoms with E-state index in [2.05, 4.69) is 0 Å². The van der Waals surface area contributed by atoms with E-state index in [-0.39, 0.29) is 11.6 Å². The molecule has 1 nitrogen and oxygen atoms in total. The van der Waals surface area contributed by atoms with Crippen molar-refractivity contribution in [3.8, 4) is 0 Å². The molecule has 1 aromatic carbocycles. The smallest absolute Gasteiger partial charge is 0.132 e. The van der Waals surface area contributed by atoms with Crippen molar-refractivity contribution in [2.24, 2.45) is 0 Å². The molecule has 0 aromatic heterocycles. The molecule has 76 valence electrons. The van der Waals surface area contributed by atoms with E-state index in [0.29, 0.717) is 29.8 Å². The van der Waals surface area contributed by atoms with E-state index < -0.39 is 0 Å². The molecule has 0 aliphatic carbocycles. The van der Waals surface area contributed by atoms with Crippen LogP contribution in [0.5, 0.6) is 0 Å². The fourth-order valence-corrected chi connectivity index (χ4v) is 1.47. The zero-order chi connectivity index (χ0) is 10.6. The van der Waals surface area contributed by atoms with Gasteiger partial charge in [0.25, 0.3) is 0 Å². The van der Waals surface area contributed by atoms with Gasteiger partial charge in [0.1, 0.15) is 11.6 Å². The second-order valence-electron chi connectivity index (χ2n) is 3.09. The maximum atomic E-state index is 13.2. The maximum absolute atomic E-state index is 13.2. The first-order valence-electron chi connectivity index (χ1n) is 4.59. The number of Topliss-reactive ketones (excluding diaryl/α,β-unsaturated/α-hetero) is 1. The van der Waals surface area contributed by atoms with E-state index in [0.717, 1.165) is 0 Å². The summed E-state index contributed by atoms with van der Waals surface area (Å²) in [4.78, 5) is 11.0. The molecule has 0 spiro atoms. The highest BCUT2D eigenvalue weighted by molar-refractivity contribution is 6.31. The Morgan fingerprint density at radius 3 is 2.79 bits per heavy atom. The molecular weight excluding hydrogens is 203 g/mol. The van der Waals surface area contributed by atoms with Gasteiger partial charge in [0.15, 0.2) is 0 Å². The lowest BCUT2D eigenvalue weighted by atomic mass is 10.1. The van der Waals surface area contributed by atoms with E-state index in [4.69, 9.17) is 11.6 Å². The number of ketones is 1. The topological polar surface area (TPSA) is 17.1 Å². The normalized spacial score (nSPS) is 10.2. The van der Waals surface area contributed by atoms with Gasteiger partial charge in [0.2, 0.25) is 0 Å². The number of carbonyl (C=O) groups is 1. The van der Waals surface area contributed by atoms with Gasteiger partial charge in [-0.2, -0.15) is 0 Å². The van der Waals surface area contributed by atoms with E-state index in [1.807, 2.05) is 0 Å². The van der Waals surface area contributed by atoms with Gasteiger partial charge in [-0.1, -0.05) is 24.6 Å². The molecule has 0 atom stereocenters. The Bertz CT molecular complexity index is 316. The molecule has 0 heterocycles. The number of halogens is 2. The molecule has 0 aliphatic heterocycles. The quantitative estimate of drug-likeness (QED) is 0.751. The van der Waals surface area contributed by atoms with Crippen LogP contribution in [0, 0.1) is 5.82 Å². The Kier molecular flexibility index (Phi) is 4.08. The first kappa shape index (κ1) is 11.2. The highest BCUT2D eigenvalue weighted by atomic mass is 35.5. The third-order valence-corrected chi connectivity index (χ3v) is 2.46. The minimum atomic E-state index is -0.332. The number of benzene rings is 1. The van der Waals surface area contributed by atoms with Crippen molar-refractivity contribution in [2.75, 3.05) is 0 Å². The van der Waals surface area contributed by atoms with Crippen molar-refractivity contribution in [3.63, 3.8) is 0 Å². The Morgan fingerprint density at radius 2 is 2.21 bits per heavy atom. The Labute approximate surface area is 87.9 Å². The summed E-state index contributed by atoms with van der Waals surface area (Å²) >= 11 is 5.80. The van der Waals surface area contributed by atoms with E-state index in [1.54, 1.807) is 19.1 Å². The van der Waals surface area contributed by atoms with E-state index in [9.17, 15) is 9.18 Å². The lowest BCUT2D eigenvalue weighted by Gasteiger charge is -2.04. The fraction of sp³-hybridized carbons (Fsp3) is 0.364. The van der Waals surface area contributed by atoms with Crippen molar-refractivity contribution in [2.45, 2.75) is 26.2 Å². The van der Waals surface area contributed by atoms with Crippen molar-refractivity contribution in [1.82, 2.24) is 0 Å². The summed E-state index contributed by atoms with van der Waals surface area (Å²) in [5, 5.41) is 0.397. The predicted molar refractivity (Wildman–Crippen MR) is 55.0 cm³/mol. The standard InChI is InChI=1S/C11H12ClFO/c1-2-8(14)6-7-9-10(12)4-3-5-11(9)13/h3-5H,2,6-7H2,1H3. The van der Waals surface area contributed by atoms with E-state index in [1.165, 1.54) is 6.07 Å². The maximum Gasteiger partial charge on any atom is 0.132 e. The third kappa shape index (κ3) is 2.81. The highest BCUT2D eigenvalue weighted by Crippen LogP contribution is 2.20. The average molecular weight is 215 g/mol. The number of hydrogen-bond donors (Lipinski definition) is 0. The van der Waals surface area contributed by atoms with Gasteiger partial charge in [-0.25, -0.2) is 4.39 Å².